The van der Waals surface area contributed by atoms with Gasteiger partial charge in [0.1, 0.15) is 0 Å². The fourth-order valence-corrected chi connectivity index (χ4v) is 4.79. The minimum atomic E-state index is -0.242. The summed E-state index contributed by atoms with van der Waals surface area (Å²) in [4.78, 5) is 17.9. The van der Waals surface area contributed by atoms with Crippen molar-refractivity contribution in [2.75, 3.05) is 40.4 Å². The maximum atomic E-state index is 13.5. The fourth-order valence-electron chi connectivity index (χ4n) is 4.79. The Balaban J connectivity index is 1.43. The van der Waals surface area contributed by atoms with Crippen LogP contribution in [0.3, 0.4) is 0 Å². The molecule has 0 bridgehead atoms. The maximum Gasteiger partial charge on any atom is 0.230 e. The first kappa shape index (κ1) is 19.8. The van der Waals surface area contributed by atoms with Gasteiger partial charge in [0.05, 0.1) is 26.2 Å². The number of ether oxygens (including phenoxy) is 2. The summed E-state index contributed by atoms with van der Waals surface area (Å²) in [5, 5.41) is 4.28. The van der Waals surface area contributed by atoms with Crippen LogP contribution in [-0.4, -0.2) is 65.9 Å². The number of aromatic nitrogens is 2. The highest BCUT2D eigenvalue weighted by molar-refractivity contribution is 5.84. The molecule has 4 rings (SSSR count). The van der Waals surface area contributed by atoms with E-state index in [0.717, 1.165) is 63.3 Å². The summed E-state index contributed by atoms with van der Waals surface area (Å²) in [7, 11) is 3.29. The van der Waals surface area contributed by atoms with Crippen LogP contribution in [0, 0.1) is 5.41 Å². The minimum absolute atomic E-state index is 0.242. The van der Waals surface area contributed by atoms with E-state index in [0.29, 0.717) is 12.3 Å². The van der Waals surface area contributed by atoms with Gasteiger partial charge in [-0.25, -0.2) is 0 Å². The van der Waals surface area contributed by atoms with E-state index in [1.807, 2.05) is 40.0 Å². The number of piperidine rings is 1. The lowest BCUT2D eigenvalue weighted by Gasteiger charge is -2.39. The molecule has 2 saturated heterocycles. The van der Waals surface area contributed by atoms with Crippen LogP contribution in [-0.2, 0) is 17.9 Å². The van der Waals surface area contributed by atoms with E-state index in [9.17, 15) is 4.79 Å². The van der Waals surface area contributed by atoms with Crippen molar-refractivity contribution in [3.05, 3.63) is 42.2 Å². The van der Waals surface area contributed by atoms with Gasteiger partial charge in [-0.15, -0.1) is 0 Å². The average Bonchev–Trinajstić information content (AvgIpc) is 3.40. The zero-order valence-corrected chi connectivity index (χ0v) is 17.3. The van der Waals surface area contributed by atoms with Crippen LogP contribution in [0.1, 0.15) is 24.8 Å². The van der Waals surface area contributed by atoms with Crippen LogP contribution in [0.25, 0.3) is 0 Å². The standard InChI is InChI=1S/C22H30N4O3/c1-28-19-7-3-6-18(20(19)29-2)16-25-11-4-8-22(21(25)27)9-13-24(17-22)14-15-26-12-5-10-23-26/h3,5-7,10,12H,4,8-9,11,13-17H2,1-2H3/t22-/m1/s1. The van der Waals surface area contributed by atoms with Crippen LogP contribution in [0.5, 0.6) is 11.5 Å². The third-order valence-electron chi connectivity index (χ3n) is 6.31. The number of hydrogen-bond acceptors (Lipinski definition) is 5. The molecule has 1 aromatic carbocycles. The summed E-state index contributed by atoms with van der Waals surface area (Å²) in [6, 6.07) is 7.80. The van der Waals surface area contributed by atoms with Crippen molar-refractivity contribution >= 4 is 5.91 Å². The second-order valence-corrected chi connectivity index (χ2v) is 8.06. The number of nitrogens with zero attached hydrogens (tertiary/aromatic N) is 4. The molecule has 1 atom stereocenters. The first-order valence-electron chi connectivity index (χ1n) is 10.3. The molecule has 0 N–H and O–H groups in total. The third kappa shape index (κ3) is 3.96. The molecule has 1 spiro atoms. The van der Waals surface area contributed by atoms with E-state index in [-0.39, 0.29) is 11.3 Å². The van der Waals surface area contributed by atoms with E-state index in [1.165, 1.54) is 0 Å². The highest BCUT2D eigenvalue weighted by Crippen LogP contribution is 2.41. The van der Waals surface area contributed by atoms with E-state index in [2.05, 4.69) is 10.00 Å². The van der Waals surface area contributed by atoms with Crippen LogP contribution in [0.15, 0.2) is 36.7 Å². The fraction of sp³-hybridized carbons (Fsp3) is 0.545. The van der Waals surface area contributed by atoms with Crippen LogP contribution >= 0.6 is 0 Å². The largest absolute Gasteiger partial charge is 0.493 e. The molecule has 0 unspecified atom stereocenters. The zero-order chi connectivity index (χ0) is 20.3. The van der Waals surface area contributed by atoms with Crippen molar-refractivity contribution in [2.45, 2.75) is 32.4 Å². The number of likely N-dealkylation sites (tertiary alicyclic amines) is 2. The summed E-state index contributed by atoms with van der Waals surface area (Å²) in [5.74, 6) is 1.71. The normalized spacial score (nSPS) is 22.4. The summed E-state index contributed by atoms with van der Waals surface area (Å²) < 4.78 is 12.9. The van der Waals surface area contributed by atoms with Gasteiger partial charge in [0.15, 0.2) is 11.5 Å². The zero-order valence-electron chi connectivity index (χ0n) is 17.3. The number of methoxy groups -OCH3 is 2. The topological polar surface area (TPSA) is 59.8 Å². The maximum absolute atomic E-state index is 13.5. The van der Waals surface area contributed by atoms with Crippen LogP contribution in [0.4, 0.5) is 0 Å². The Kier molecular flexibility index (Phi) is 5.76. The predicted octanol–water partition coefficient (Wildman–Crippen LogP) is 2.42. The van der Waals surface area contributed by atoms with Gasteiger partial charge in [-0.05, 0) is 37.9 Å². The van der Waals surface area contributed by atoms with E-state index in [1.54, 1.807) is 20.4 Å². The molecule has 3 heterocycles. The number of rotatable bonds is 7. The summed E-state index contributed by atoms with van der Waals surface area (Å²) >= 11 is 0. The van der Waals surface area contributed by atoms with E-state index >= 15 is 0 Å². The van der Waals surface area contributed by atoms with E-state index < -0.39 is 0 Å². The van der Waals surface area contributed by atoms with Gasteiger partial charge in [-0.2, -0.15) is 5.10 Å². The number of amides is 1. The number of hydrogen-bond donors (Lipinski definition) is 0. The number of carbonyl (C=O) groups is 1. The van der Waals surface area contributed by atoms with Gasteiger partial charge in [-0.3, -0.25) is 9.48 Å². The van der Waals surface area contributed by atoms with Gasteiger partial charge in [0.2, 0.25) is 5.91 Å². The van der Waals surface area contributed by atoms with Gasteiger partial charge >= 0.3 is 0 Å². The molecule has 0 aliphatic carbocycles. The van der Waals surface area contributed by atoms with Gasteiger partial charge < -0.3 is 19.3 Å². The third-order valence-corrected chi connectivity index (χ3v) is 6.31. The molecule has 2 fully saturated rings. The minimum Gasteiger partial charge on any atom is -0.493 e. The highest BCUT2D eigenvalue weighted by atomic mass is 16.5. The molecule has 29 heavy (non-hydrogen) atoms. The molecular formula is C22H30N4O3. The van der Waals surface area contributed by atoms with Crippen LogP contribution < -0.4 is 9.47 Å². The molecule has 7 heteroatoms. The highest BCUT2D eigenvalue weighted by Gasteiger charge is 2.48. The van der Waals surface area contributed by atoms with Crippen molar-refractivity contribution in [3.8, 4) is 11.5 Å². The first-order valence-corrected chi connectivity index (χ1v) is 10.3. The van der Waals surface area contributed by atoms with Gasteiger partial charge in [0.25, 0.3) is 0 Å². The van der Waals surface area contributed by atoms with Crippen molar-refractivity contribution in [1.29, 1.82) is 0 Å². The first-order chi connectivity index (χ1) is 14.1. The quantitative estimate of drug-likeness (QED) is 0.717. The Bertz CT molecular complexity index is 839. The monoisotopic (exact) mass is 398 g/mol. The number of benzene rings is 1. The van der Waals surface area contributed by atoms with Gasteiger partial charge in [0, 0.05) is 44.1 Å². The Morgan fingerprint density at radius 1 is 1.10 bits per heavy atom. The molecule has 2 aromatic rings. The Morgan fingerprint density at radius 3 is 2.76 bits per heavy atom. The van der Waals surface area contributed by atoms with Gasteiger partial charge in [-0.1, -0.05) is 12.1 Å². The Labute approximate surface area is 172 Å². The smallest absolute Gasteiger partial charge is 0.230 e. The number of carbonyl (C=O) groups excluding carboxylic acids is 1. The summed E-state index contributed by atoms with van der Waals surface area (Å²) in [6.07, 6.45) is 6.76. The summed E-state index contributed by atoms with van der Waals surface area (Å²) in [5.41, 5.74) is 0.750. The summed E-state index contributed by atoms with van der Waals surface area (Å²) in [6.45, 7) is 4.98. The SMILES string of the molecule is COc1cccc(CN2CCC[C@]3(CCN(CCn4cccn4)C3)C2=O)c1OC. The lowest BCUT2D eigenvalue weighted by Crippen LogP contribution is -2.49. The van der Waals surface area contributed by atoms with Crippen molar-refractivity contribution < 1.29 is 14.3 Å². The molecule has 7 nitrogen and oxygen atoms in total. The molecule has 2 aliphatic rings. The molecule has 156 valence electrons. The molecule has 1 amide bonds. The average molecular weight is 399 g/mol. The molecule has 0 saturated carbocycles. The van der Waals surface area contributed by atoms with Crippen molar-refractivity contribution in [1.82, 2.24) is 19.6 Å². The predicted molar refractivity (Wildman–Crippen MR) is 110 cm³/mol. The second kappa shape index (κ2) is 8.45. The molecule has 0 radical (unpaired) electrons. The van der Waals surface area contributed by atoms with Crippen molar-refractivity contribution in [2.24, 2.45) is 5.41 Å². The molecule has 2 aliphatic heterocycles. The molecular weight excluding hydrogens is 368 g/mol. The van der Waals surface area contributed by atoms with Crippen LogP contribution in [0.2, 0.25) is 0 Å². The lowest BCUT2D eigenvalue weighted by molar-refractivity contribution is -0.146. The lowest BCUT2D eigenvalue weighted by atomic mass is 9.78. The number of para-hydroxylation sites is 1. The Morgan fingerprint density at radius 2 is 2.00 bits per heavy atom. The Hall–Kier alpha value is -2.54. The second-order valence-electron chi connectivity index (χ2n) is 8.06. The molecule has 1 aromatic heterocycles. The van der Waals surface area contributed by atoms with E-state index in [4.69, 9.17) is 9.47 Å². The van der Waals surface area contributed by atoms with Crippen molar-refractivity contribution in [3.63, 3.8) is 0 Å².